The molecule has 0 N–H and O–H groups in total. The Balaban J connectivity index is 3.35. The molecule has 120 valence electrons. The number of ether oxygens (including phenoxy) is 3. The molecule has 5 nitrogen and oxygen atoms in total. The van der Waals surface area contributed by atoms with Crippen molar-refractivity contribution in [2.75, 3.05) is 7.11 Å². The standard InChI is InChI=1S/C16H19IO5/c1-8(2)16(19)21-10(4)12-7-9(3)14(20-6)13(17)15(12)22-11(5)18/h7,10H,1H2,2-6H3. The van der Waals surface area contributed by atoms with Crippen molar-refractivity contribution in [3.05, 3.63) is 32.9 Å². The number of rotatable bonds is 5. The molecule has 0 bridgehead atoms. The van der Waals surface area contributed by atoms with E-state index in [0.29, 0.717) is 26.2 Å². The fraction of sp³-hybridized carbons (Fsp3) is 0.375. The summed E-state index contributed by atoms with van der Waals surface area (Å²) >= 11 is 2.05. The van der Waals surface area contributed by atoms with Gasteiger partial charge in [0.1, 0.15) is 11.9 Å². The third-order valence-electron chi connectivity index (χ3n) is 2.91. The molecule has 1 atom stereocenters. The molecule has 1 aromatic carbocycles. The van der Waals surface area contributed by atoms with Crippen LogP contribution >= 0.6 is 22.6 Å². The molecule has 0 aliphatic heterocycles. The van der Waals surface area contributed by atoms with E-state index in [4.69, 9.17) is 14.2 Å². The van der Waals surface area contributed by atoms with Gasteiger partial charge in [0, 0.05) is 18.1 Å². The van der Waals surface area contributed by atoms with Gasteiger partial charge in [-0.2, -0.15) is 0 Å². The smallest absolute Gasteiger partial charge is 0.333 e. The van der Waals surface area contributed by atoms with Crippen LogP contribution in [-0.2, 0) is 14.3 Å². The molecule has 0 spiro atoms. The lowest BCUT2D eigenvalue weighted by Gasteiger charge is -2.20. The maximum atomic E-state index is 11.7. The quantitative estimate of drug-likeness (QED) is 0.316. The van der Waals surface area contributed by atoms with Crippen LogP contribution < -0.4 is 9.47 Å². The highest BCUT2D eigenvalue weighted by Gasteiger charge is 2.24. The van der Waals surface area contributed by atoms with E-state index in [-0.39, 0.29) is 0 Å². The third kappa shape index (κ3) is 4.22. The molecular weight excluding hydrogens is 399 g/mol. The van der Waals surface area contributed by atoms with Crippen LogP contribution in [0.3, 0.4) is 0 Å². The summed E-state index contributed by atoms with van der Waals surface area (Å²) < 4.78 is 16.6. The average molecular weight is 418 g/mol. The third-order valence-corrected chi connectivity index (χ3v) is 3.89. The van der Waals surface area contributed by atoms with E-state index >= 15 is 0 Å². The summed E-state index contributed by atoms with van der Waals surface area (Å²) in [5.74, 6) is 0.0184. The van der Waals surface area contributed by atoms with Gasteiger partial charge in [-0.3, -0.25) is 4.79 Å². The van der Waals surface area contributed by atoms with E-state index in [1.807, 2.05) is 29.5 Å². The van der Waals surface area contributed by atoms with Gasteiger partial charge in [-0.1, -0.05) is 6.58 Å². The lowest BCUT2D eigenvalue weighted by molar-refractivity contribution is -0.143. The van der Waals surface area contributed by atoms with Crippen molar-refractivity contribution in [2.45, 2.75) is 33.8 Å². The molecular formula is C16H19IO5. The van der Waals surface area contributed by atoms with Crippen molar-refractivity contribution >= 4 is 34.5 Å². The molecule has 0 aromatic heterocycles. The highest BCUT2D eigenvalue weighted by molar-refractivity contribution is 14.1. The van der Waals surface area contributed by atoms with E-state index in [0.717, 1.165) is 5.56 Å². The minimum Gasteiger partial charge on any atom is -0.495 e. The number of benzene rings is 1. The van der Waals surface area contributed by atoms with Gasteiger partial charge >= 0.3 is 11.9 Å². The molecule has 0 amide bonds. The van der Waals surface area contributed by atoms with Crippen molar-refractivity contribution in [3.8, 4) is 11.5 Å². The lowest BCUT2D eigenvalue weighted by Crippen LogP contribution is -2.13. The first kappa shape index (κ1) is 18.5. The fourth-order valence-electron chi connectivity index (χ4n) is 1.89. The summed E-state index contributed by atoms with van der Waals surface area (Å²) in [6.07, 6.45) is -0.586. The Bertz CT molecular complexity index is 621. The molecule has 0 saturated carbocycles. The van der Waals surface area contributed by atoms with Crippen LogP contribution in [-0.4, -0.2) is 19.0 Å². The summed E-state index contributed by atoms with van der Waals surface area (Å²) in [4.78, 5) is 23.1. The number of carbonyl (C=O) groups excluding carboxylic acids is 2. The Morgan fingerprint density at radius 1 is 1.27 bits per heavy atom. The Morgan fingerprint density at radius 2 is 1.86 bits per heavy atom. The van der Waals surface area contributed by atoms with E-state index in [1.165, 1.54) is 6.92 Å². The van der Waals surface area contributed by atoms with Crippen molar-refractivity contribution in [1.82, 2.24) is 0 Å². The Kier molecular flexibility index (Phi) is 6.40. The van der Waals surface area contributed by atoms with E-state index < -0.39 is 18.0 Å². The predicted molar refractivity (Wildman–Crippen MR) is 91.1 cm³/mol. The number of carbonyl (C=O) groups is 2. The van der Waals surface area contributed by atoms with Gasteiger partial charge in [0.15, 0.2) is 5.75 Å². The van der Waals surface area contributed by atoms with Crippen molar-refractivity contribution in [1.29, 1.82) is 0 Å². The normalized spacial score (nSPS) is 11.5. The number of esters is 2. The molecule has 0 radical (unpaired) electrons. The second-order valence-electron chi connectivity index (χ2n) is 4.88. The monoisotopic (exact) mass is 418 g/mol. The maximum absolute atomic E-state index is 11.7. The summed E-state index contributed by atoms with van der Waals surface area (Å²) in [6.45, 7) is 10.0. The van der Waals surface area contributed by atoms with Crippen molar-refractivity contribution < 1.29 is 23.8 Å². The van der Waals surface area contributed by atoms with E-state index in [9.17, 15) is 9.59 Å². The zero-order valence-electron chi connectivity index (χ0n) is 13.3. The number of hydrogen-bond acceptors (Lipinski definition) is 5. The highest BCUT2D eigenvalue weighted by atomic mass is 127. The first-order valence-corrected chi connectivity index (χ1v) is 7.68. The van der Waals surface area contributed by atoms with E-state index in [1.54, 1.807) is 27.0 Å². The van der Waals surface area contributed by atoms with Crippen LogP contribution in [0.1, 0.15) is 38.0 Å². The van der Waals surface area contributed by atoms with Crippen molar-refractivity contribution in [3.63, 3.8) is 0 Å². The minimum atomic E-state index is -0.586. The molecule has 1 aromatic rings. The zero-order chi connectivity index (χ0) is 17.0. The average Bonchev–Trinajstić information content (AvgIpc) is 2.41. The van der Waals surface area contributed by atoms with Gasteiger partial charge in [-0.25, -0.2) is 4.79 Å². The number of methoxy groups -OCH3 is 1. The minimum absolute atomic E-state index is 0.306. The molecule has 0 fully saturated rings. The second kappa shape index (κ2) is 7.62. The molecule has 0 saturated heterocycles. The van der Waals surface area contributed by atoms with Gasteiger partial charge in [0.25, 0.3) is 0 Å². The summed E-state index contributed by atoms with van der Waals surface area (Å²) in [5, 5.41) is 0. The molecule has 22 heavy (non-hydrogen) atoms. The number of halogens is 1. The molecule has 6 heteroatoms. The Labute approximate surface area is 143 Å². The van der Waals surface area contributed by atoms with Gasteiger partial charge in [-0.05, 0) is 55.0 Å². The Hall–Kier alpha value is -1.57. The largest absolute Gasteiger partial charge is 0.495 e. The van der Waals surface area contributed by atoms with Crippen LogP contribution in [0.4, 0.5) is 0 Å². The lowest BCUT2D eigenvalue weighted by atomic mass is 10.0. The fourth-order valence-corrected chi connectivity index (χ4v) is 2.96. The Morgan fingerprint density at radius 3 is 2.32 bits per heavy atom. The number of aryl methyl sites for hydroxylation is 1. The number of hydrogen-bond donors (Lipinski definition) is 0. The molecule has 0 heterocycles. The topological polar surface area (TPSA) is 61.8 Å². The molecule has 0 aliphatic carbocycles. The van der Waals surface area contributed by atoms with Gasteiger partial charge in [0.05, 0.1) is 10.7 Å². The van der Waals surface area contributed by atoms with Gasteiger partial charge in [0.2, 0.25) is 0 Å². The van der Waals surface area contributed by atoms with Crippen molar-refractivity contribution in [2.24, 2.45) is 0 Å². The van der Waals surface area contributed by atoms with Gasteiger partial charge < -0.3 is 14.2 Å². The van der Waals surface area contributed by atoms with Gasteiger partial charge in [-0.15, -0.1) is 0 Å². The van der Waals surface area contributed by atoms with Crippen LogP contribution in [0.5, 0.6) is 11.5 Å². The molecule has 1 rings (SSSR count). The molecule has 0 aliphatic rings. The summed E-state index contributed by atoms with van der Waals surface area (Å²) in [5.41, 5.74) is 1.77. The first-order valence-electron chi connectivity index (χ1n) is 6.60. The second-order valence-corrected chi connectivity index (χ2v) is 5.96. The van der Waals surface area contributed by atoms with Crippen LogP contribution in [0.25, 0.3) is 0 Å². The highest BCUT2D eigenvalue weighted by Crippen LogP contribution is 2.40. The first-order chi connectivity index (χ1) is 10.2. The van der Waals surface area contributed by atoms with Crippen LogP contribution in [0.2, 0.25) is 0 Å². The SMILES string of the molecule is C=C(C)C(=O)OC(C)c1cc(C)c(OC)c(I)c1OC(C)=O. The van der Waals surface area contributed by atoms with E-state index in [2.05, 4.69) is 6.58 Å². The molecule has 1 unspecified atom stereocenters. The maximum Gasteiger partial charge on any atom is 0.333 e. The summed E-state index contributed by atoms with van der Waals surface area (Å²) in [7, 11) is 1.55. The van der Waals surface area contributed by atoms with Crippen LogP contribution in [0, 0.1) is 10.5 Å². The summed E-state index contributed by atoms with van der Waals surface area (Å²) in [6, 6.07) is 1.79. The predicted octanol–water partition coefficient (Wildman–Crippen LogP) is 3.71. The zero-order valence-corrected chi connectivity index (χ0v) is 15.4. The van der Waals surface area contributed by atoms with Crippen LogP contribution in [0.15, 0.2) is 18.2 Å².